The highest BCUT2D eigenvalue weighted by molar-refractivity contribution is 6.17. The fourth-order valence-corrected chi connectivity index (χ4v) is 8.60. The van der Waals surface area contributed by atoms with Gasteiger partial charge in [-0.25, -0.2) is 0 Å². The first-order valence-corrected chi connectivity index (χ1v) is 18.7. The summed E-state index contributed by atoms with van der Waals surface area (Å²) in [6.07, 6.45) is 3.59. The topological polar surface area (TPSA) is 15.6 Å². The predicted molar refractivity (Wildman–Crippen MR) is 239 cm³/mol. The van der Waals surface area contributed by atoms with Crippen LogP contribution < -0.4 is 4.90 Å². The lowest BCUT2D eigenvalue weighted by atomic mass is 9.86. The molecule has 2 heteroatoms. The zero-order valence-electron chi connectivity index (χ0n) is 31.0. The Morgan fingerprint density at radius 2 is 0.927 bits per heavy atom. The fourth-order valence-electron chi connectivity index (χ4n) is 8.60. The highest BCUT2D eigenvalue weighted by atomic mass is 15.1. The molecule has 0 fully saturated rings. The average molecular weight is 705 g/mol. The normalized spacial score (nSPS) is 11.9. The molecular weight excluding hydrogens is 665 g/mol. The molecule has 0 aliphatic heterocycles. The molecule has 0 aliphatic carbocycles. The number of aliphatic imine (C=N–C) groups is 1. The molecule has 9 rings (SSSR count). The van der Waals surface area contributed by atoms with Gasteiger partial charge in [0.05, 0.1) is 11.4 Å². The highest BCUT2D eigenvalue weighted by Gasteiger charge is 2.21. The first-order chi connectivity index (χ1) is 27.1. The molecule has 0 N–H and O–H groups in total. The molecule has 2 nitrogen and oxygen atoms in total. The largest absolute Gasteiger partial charge is 0.335 e. The summed E-state index contributed by atoms with van der Waals surface area (Å²) in [6.45, 7) is 14.9. The van der Waals surface area contributed by atoms with E-state index in [4.69, 9.17) is 0 Å². The van der Waals surface area contributed by atoms with Crippen molar-refractivity contribution in [2.24, 2.45) is 4.99 Å². The predicted octanol–water partition coefficient (Wildman–Crippen LogP) is 14.4. The van der Waals surface area contributed by atoms with Gasteiger partial charge in [-0.05, 0) is 137 Å². The Kier molecular flexibility index (Phi) is 8.65. The third-order valence-corrected chi connectivity index (χ3v) is 11.2. The van der Waals surface area contributed by atoms with Crippen molar-refractivity contribution < 1.29 is 0 Å². The summed E-state index contributed by atoms with van der Waals surface area (Å²) in [5.74, 6) is 0. The van der Waals surface area contributed by atoms with Gasteiger partial charge in [0.1, 0.15) is 0 Å². The van der Waals surface area contributed by atoms with E-state index in [0.717, 1.165) is 11.4 Å². The van der Waals surface area contributed by atoms with Crippen LogP contribution in [0.1, 0.15) is 11.1 Å². The number of fused-ring (bicyclic) bond motifs is 5. The second-order valence-electron chi connectivity index (χ2n) is 14.1. The Morgan fingerprint density at radius 3 is 1.36 bits per heavy atom. The number of anilines is 1. The maximum absolute atomic E-state index is 4.32. The number of hydrogen-bond donors (Lipinski definition) is 0. The van der Waals surface area contributed by atoms with Gasteiger partial charge in [0.25, 0.3) is 0 Å². The maximum Gasteiger partial charge on any atom is 0.0853 e. The van der Waals surface area contributed by atoms with Gasteiger partial charge in [-0.3, -0.25) is 4.99 Å². The molecule has 9 aromatic carbocycles. The van der Waals surface area contributed by atoms with Crippen LogP contribution in [0.5, 0.6) is 0 Å². The van der Waals surface area contributed by atoms with Gasteiger partial charge < -0.3 is 4.90 Å². The Bertz CT molecular complexity index is 2900. The van der Waals surface area contributed by atoms with Crippen molar-refractivity contribution in [1.82, 2.24) is 0 Å². The molecule has 0 amide bonds. The molecule has 0 bridgehead atoms. The minimum absolute atomic E-state index is 0.600. The molecule has 9 aromatic rings. The van der Waals surface area contributed by atoms with Crippen molar-refractivity contribution in [1.29, 1.82) is 0 Å². The molecule has 262 valence electrons. The van der Waals surface area contributed by atoms with Crippen LogP contribution >= 0.6 is 0 Å². The van der Waals surface area contributed by atoms with Crippen molar-refractivity contribution in [3.8, 4) is 22.3 Å². The van der Waals surface area contributed by atoms with Crippen molar-refractivity contribution in [2.45, 2.75) is 13.5 Å². The van der Waals surface area contributed by atoms with Gasteiger partial charge in [-0.2, -0.15) is 0 Å². The molecule has 0 unspecified atom stereocenters. The third kappa shape index (κ3) is 5.71. The van der Waals surface area contributed by atoms with E-state index in [2.05, 4.69) is 194 Å². The van der Waals surface area contributed by atoms with Gasteiger partial charge in [0.2, 0.25) is 0 Å². The molecule has 0 radical (unpaired) electrons. The number of rotatable bonds is 9. The highest BCUT2D eigenvalue weighted by Crippen LogP contribution is 2.43. The minimum Gasteiger partial charge on any atom is -0.335 e. The number of aryl methyl sites for hydroxylation is 1. The van der Waals surface area contributed by atoms with E-state index in [1.807, 2.05) is 12.1 Å². The van der Waals surface area contributed by atoms with E-state index in [1.165, 1.54) is 87.2 Å². The summed E-state index contributed by atoms with van der Waals surface area (Å²) in [6, 6.07) is 59.5. The van der Waals surface area contributed by atoms with Crippen LogP contribution in [0, 0.1) is 6.92 Å². The lowest BCUT2D eigenvalue weighted by molar-refractivity contribution is 0.936. The molecule has 0 heterocycles. The standard InChI is InChI=1S/C53H40N2/c1-5-50(54-4)51(6-2)55(40-18-8-7-9-19-40)34-49-43-22-12-16-26-47(43)53(48-27-17-13-23-44(48)49)39-31-29-36-32-38(30-28-37(36)33-39)52-45-24-14-10-20-41(45)35(3)42-21-11-15-25-46(42)52/h5-33H,1-2,4,34H2,3H3/b51-50-. The van der Waals surface area contributed by atoms with Gasteiger partial charge in [0, 0.05) is 12.2 Å². The minimum atomic E-state index is 0.600. The Balaban J connectivity index is 1.22. The molecule has 0 spiro atoms. The summed E-state index contributed by atoms with van der Waals surface area (Å²) < 4.78 is 0. The van der Waals surface area contributed by atoms with Crippen LogP contribution in [0.4, 0.5) is 5.69 Å². The quantitative estimate of drug-likeness (QED) is 0.0830. The first kappa shape index (κ1) is 33.8. The van der Waals surface area contributed by atoms with E-state index in [1.54, 1.807) is 6.08 Å². The maximum atomic E-state index is 4.32. The molecular formula is C53H40N2. The lowest BCUT2D eigenvalue weighted by Crippen LogP contribution is -2.22. The number of nitrogens with zero attached hydrogens (tertiary/aromatic N) is 2. The molecule has 0 saturated carbocycles. The second-order valence-corrected chi connectivity index (χ2v) is 14.1. The van der Waals surface area contributed by atoms with Crippen molar-refractivity contribution in [2.75, 3.05) is 4.90 Å². The second kappa shape index (κ2) is 14.1. The fraction of sp³-hybridized carbons (Fsp3) is 0.0377. The molecule has 0 atom stereocenters. The first-order valence-electron chi connectivity index (χ1n) is 18.7. The van der Waals surface area contributed by atoms with E-state index in [0.29, 0.717) is 12.2 Å². The summed E-state index contributed by atoms with van der Waals surface area (Å²) in [4.78, 5) is 6.58. The van der Waals surface area contributed by atoms with Crippen LogP contribution in [0.25, 0.3) is 76.1 Å². The molecule has 0 aromatic heterocycles. The summed E-state index contributed by atoms with van der Waals surface area (Å²) in [7, 11) is 0. The number of para-hydroxylation sites is 1. The lowest BCUT2D eigenvalue weighted by Gasteiger charge is -2.29. The average Bonchev–Trinajstić information content (AvgIpc) is 3.25. The molecule has 0 saturated heterocycles. The van der Waals surface area contributed by atoms with Gasteiger partial charge in [0.15, 0.2) is 0 Å². The number of benzene rings is 9. The Morgan fingerprint density at radius 1 is 0.509 bits per heavy atom. The Labute approximate surface area is 322 Å². The molecule has 55 heavy (non-hydrogen) atoms. The van der Waals surface area contributed by atoms with E-state index in [-0.39, 0.29) is 0 Å². The molecule has 0 aliphatic rings. The van der Waals surface area contributed by atoms with Gasteiger partial charge in [-0.15, -0.1) is 0 Å². The number of hydrogen-bond acceptors (Lipinski definition) is 2. The van der Waals surface area contributed by atoms with Gasteiger partial charge >= 0.3 is 0 Å². The zero-order chi connectivity index (χ0) is 37.5. The summed E-state index contributed by atoms with van der Waals surface area (Å²) >= 11 is 0. The van der Waals surface area contributed by atoms with Crippen LogP contribution in [0.15, 0.2) is 205 Å². The van der Waals surface area contributed by atoms with E-state index in [9.17, 15) is 0 Å². The third-order valence-electron chi connectivity index (χ3n) is 11.2. The van der Waals surface area contributed by atoms with E-state index >= 15 is 0 Å². The van der Waals surface area contributed by atoms with Crippen molar-refractivity contribution >= 4 is 66.3 Å². The van der Waals surface area contributed by atoms with Crippen molar-refractivity contribution in [3.63, 3.8) is 0 Å². The van der Waals surface area contributed by atoms with Crippen molar-refractivity contribution in [3.05, 3.63) is 212 Å². The smallest absolute Gasteiger partial charge is 0.0853 e. The van der Waals surface area contributed by atoms with Crippen LogP contribution in [0.3, 0.4) is 0 Å². The van der Waals surface area contributed by atoms with Crippen LogP contribution in [-0.4, -0.2) is 6.72 Å². The van der Waals surface area contributed by atoms with Crippen LogP contribution in [0.2, 0.25) is 0 Å². The van der Waals surface area contributed by atoms with E-state index < -0.39 is 0 Å². The summed E-state index contributed by atoms with van der Waals surface area (Å²) in [5, 5.41) is 12.5. The van der Waals surface area contributed by atoms with Crippen LogP contribution in [-0.2, 0) is 6.54 Å². The monoisotopic (exact) mass is 704 g/mol. The Hall–Kier alpha value is -7.03. The zero-order valence-corrected chi connectivity index (χ0v) is 31.0. The van der Waals surface area contributed by atoms with Gasteiger partial charge in [-0.1, -0.05) is 153 Å². The SMILES string of the molecule is C=C/C(N=C)=C(\C=C)N(Cc1c2ccccc2c(-c2ccc3cc(-c4c5ccccc5c(C)c5ccccc45)ccc3c2)c2ccccc12)c1ccccc1. The summed E-state index contributed by atoms with van der Waals surface area (Å²) in [5.41, 5.74) is 10.1. The number of allylic oxidation sites excluding steroid dienone is 2.